The van der Waals surface area contributed by atoms with E-state index in [1.807, 2.05) is 20.8 Å². The summed E-state index contributed by atoms with van der Waals surface area (Å²) in [7, 11) is 0. The average molecular weight is 262 g/mol. The van der Waals surface area contributed by atoms with E-state index in [1.54, 1.807) is 0 Å². The molecule has 18 heavy (non-hydrogen) atoms. The number of aromatic nitrogens is 2. The topological polar surface area (TPSA) is 63.8 Å². The van der Waals surface area contributed by atoms with Gasteiger partial charge in [-0.1, -0.05) is 20.8 Å². The first-order valence-electron chi connectivity index (χ1n) is 5.65. The van der Waals surface area contributed by atoms with Gasteiger partial charge in [-0.15, -0.1) is 0 Å². The van der Waals surface area contributed by atoms with Crippen molar-refractivity contribution in [3.63, 3.8) is 0 Å². The van der Waals surface area contributed by atoms with Gasteiger partial charge in [-0.3, -0.25) is 0 Å². The van der Waals surface area contributed by atoms with Crippen LogP contribution < -0.4 is 11.1 Å². The Balaban J connectivity index is 2.81. The molecule has 0 aliphatic rings. The fourth-order valence-electron chi connectivity index (χ4n) is 1.20. The quantitative estimate of drug-likeness (QED) is 0.875. The Hall–Kier alpha value is -1.53. The SMILES string of the molecule is CC(C)C(C)CNc1cc(C(F)(F)F)nc(N)n1. The maximum atomic E-state index is 12.5. The smallest absolute Gasteiger partial charge is 0.370 e. The molecule has 0 aromatic carbocycles. The molecule has 0 saturated heterocycles. The number of anilines is 2. The fourth-order valence-corrected chi connectivity index (χ4v) is 1.20. The van der Waals surface area contributed by atoms with E-state index in [1.165, 1.54) is 0 Å². The van der Waals surface area contributed by atoms with Gasteiger partial charge in [0, 0.05) is 12.6 Å². The van der Waals surface area contributed by atoms with Gasteiger partial charge in [-0.25, -0.2) is 4.98 Å². The molecule has 1 unspecified atom stereocenters. The van der Waals surface area contributed by atoms with Crippen LogP contribution in [0.25, 0.3) is 0 Å². The van der Waals surface area contributed by atoms with E-state index in [9.17, 15) is 13.2 Å². The third-order valence-corrected chi connectivity index (χ3v) is 2.78. The number of nitrogen functional groups attached to an aromatic ring is 1. The largest absolute Gasteiger partial charge is 0.433 e. The Morgan fingerprint density at radius 3 is 2.39 bits per heavy atom. The van der Waals surface area contributed by atoms with Gasteiger partial charge in [-0.2, -0.15) is 18.2 Å². The summed E-state index contributed by atoms with van der Waals surface area (Å²) in [5.41, 5.74) is 4.23. The standard InChI is InChI=1S/C11H17F3N4/c1-6(2)7(3)5-16-9-4-8(11(12,13)14)17-10(15)18-9/h4,6-7H,5H2,1-3H3,(H3,15,16,17,18). The molecule has 0 spiro atoms. The number of alkyl halides is 3. The Morgan fingerprint density at radius 2 is 1.89 bits per heavy atom. The van der Waals surface area contributed by atoms with Crippen molar-refractivity contribution in [3.05, 3.63) is 11.8 Å². The molecule has 4 nitrogen and oxygen atoms in total. The highest BCUT2D eigenvalue weighted by molar-refractivity contribution is 5.41. The van der Waals surface area contributed by atoms with E-state index in [0.717, 1.165) is 6.07 Å². The van der Waals surface area contributed by atoms with Crippen LogP contribution in [0.4, 0.5) is 24.9 Å². The predicted octanol–water partition coefficient (Wildman–Crippen LogP) is 2.78. The highest BCUT2D eigenvalue weighted by Gasteiger charge is 2.33. The van der Waals surface area contributed by atoms with E-state index in [2.05, 4.69) is 15.3 Å². The number of nitrogens with two attached hydrogens (primary N) is 1. The molecule has 1 atom stereocenters. The number of nitrogens with one attached hydrogen (secondary N) is 1. The van der Waals surface area contributed by atoms with Gasteiger partial charge in [0.1, 0.15) is 5.82 Å². The molecule has 0 bridgehead atoms. The van der Waals surface area contributed by atoms with Crippen LogP contribution in [0.5, 0.6) is 0 Å². The van der Waals surface area contributed by atoms with Crippen molar-refractivity contribution >= 4 is 11.8 Å². The van der Waals surface area contributed by atoms with Crippen molar-refractivity contribution in [2.45, 2.75) is 26.9 Å². The second-order valence-corrected chi connectivity index (χ2v) is 4.60. The van der Waals surface area contributed by atoms with Crippen molar-refractivity contribution in [2.75, 3.05) is 17.6 Å². The third-order valence-electron chi connectivity index (χ3n) is 2.78. The van der Waals surface area contributed by atoms with Crippen molar-refractivity contribution < 1.29 is 13.2 Å². The minimum Gasteiger partial charge on any atom is -0.370 e. The molecule has 102 valence electrons. The molecule has 1 aromatic heterocycles. The van der Waals surface area contributed by atoms with Crippen LogP contribution in [-0.2, 0) is 6.18 Å². The minimum absolute atomic E-state index is 0.0994. The van der Waals surface area contributed by atoms with Crippen LogP contribution in [0.1, 0.15) is 26.5 Å². The molecule has 7 heteroatoms. The summed E-state index contributed by atoms with van der Waals surface area (Å²) in [5, 5.41) is 2.85. The average Bonchev–Trinajstić information content (AvgIpc) is 2.23. The van der Waals surface area contributed by atoms with Crippen LogP contribution in [0.15, 0.2) is 6.07 Å². The molecule has 0 amide bonds. The molecule has 0 saturated carbocycles. The summed E-state index contributed by atoms with van der Waals surface area (Å²) in [6, 6.07) is 0.864. The zero-order valence-corrected chi connectivity index (χ0v) is 10.5. The van der Waals surface area contributed by atoms with Crippen LogP contribution in [0, 0.1) is 11.8 Å². The number of nitrogens with zero attached hydrogens (tertiary/aromatic N) is 2. The second kappa shape index (κ2) is 5.41. The maximum Gasteiger partial charge on any atom is 0.433 e. The number of hydrogen-bond donors (Lipinski definition) is 2. The Kier molecular flexibility index (Phi) is 4.37. The fraction of sp³-hybridized carbons (Fsp3) is 0.636. The summed E-state index contributed by atoms with van der Waals surface area (Å²) in [6.07, 6.45) is -4.52. The number of halogens is 3. The van der Waals surface area contributed by atoms with Gasteiger partial charge in [-0.05, 0) is 11.8 Å². The third kappa shape index (κ3) is 4.05. The van der Waals surface area contributed by atoms with Crippen LogP contribution >= 0.6 is 0 Å². The lowest BCUT2D eigenvalue weighted by Gasteiger charge is -2.17. The van der Waals surface area contributed by atoms with Gasteiger partial charge in [0.2, 0.25) is 5.95 Å². The Morgan fingerprint density at radius 1 is 1.28 bits per heavy atom. The molecule has 0 aliphatic heterocycles. The number of hydrogen-bond acceptors (Lipinski definition) is 4. The molecular weight excluding hydrogens is 245 g/mol. The van der Waals surface area contributed by atoms with E-state index in [-0.39, 0.29) is 11.8 Å². The van der Waals surface area contributed by atoms with E-state index >= 15 is 0 Å². The second-order valence-electron chi connectivity index (χ2n) is 4.60. The highest BCUT2D eigenvalue weighted by atomic mass is 19.4. The molecule has 3 N–H and O–H groups in total. The minimum atomic E-state index is -4.52. The van der Waals surface area contributed by atoms with Crippen molar-refractivity contribution in [1.82, 2.24) is 9.97 Å². The molecule has 0 radical (unpaired) electrons. The lowest BCUT2D eigenvalue weighted by atomic mass is 9.98. The van der Waals surface area contributed by atoms with Crippen LogP contribution in [0.3, 0.4) is 0 Å². The van der Waals surface area contributed by atoms with E-state index in [0.29, 0.717) is 18.4 Å². The summed E-state index contributed by atoms with van der Waals surface area (Å²) in [4.78, 5) is 6.90. The van der Waals surface area contributed by atoms with Gasteiger partial charge in [0.05, 0.1) is 0 Å². The van der Waals surface area contributed by atoms with E-state index < -0.39 is 11.9 Å². The molecule has 0 fully saturated rings. The summed E-state index contributed by atoms with van der Waals surface area (Å²) >= 11 is 0. The van der Waals surface area contributed by atoms with Gasteiger partial charge in [0.15, 0.2) is 5.69 Å². The zero-order valence-electron chi connectivity index (χ0n) is 10.5. The van der Waals surface area contributed by atoms with Gasteiger partial charge >= 0.3 is 6.18 Å². The Bertz CT molecular complexity index is 404. The highest BCUT2D eigenvalue weighted by Crippen LogP contribution is 2.29. The lowest BCUT2D eigenvalue weighted by molar-refractivity contribution is -0.141. The van der Waals surface area contributed by atoms with Crippen LogP contribution in [0.2, 0.25) is 0 Å². The zero-order chi connectivity index (χ0) is 13.9. The summed E-state index contributed by atoms with van der Waals surface area (Å²) in [6.45, 7) is 6.63. The monoisotopic (exact) mass is 262 g/mol. The first-order chi connectivity index (χ1) is 8.20. The molecule has 0 aliphatic carbocycles. The first kappa shape index (κ1) is 14.5. The van der Waals surface area contributed by atoms with Crippen molar-refractivity contribution in [1.29, 1.82) is 0 Å². The first-order valence-corrected chi connectivity index (χ1v) is 5.65. The summed E-state index contributed by atoms with van der Waals surface area (Å²) in [5.74, 6) is 0.459. The molecule has 1 rings (SSSR count). The molecule has 1 heterocycles. The molecule has 1 aromatic rings. The van der Waals surface area contributed by atoms with Gasteiger partial charge < -0.3 is 11.1 Å². The number of rotatable bonds is 4. The maximum absolute atomic E-state index is 12.5. The van der Waals surface area contributed by atoms with E-state index in [4.69, 9.17) is 5.73 Å². The predicted molar refractivity (Wildman–Crippen MR) is 63.9 cm³/mol. The molecular formula is C11H17F3N4. The lowest BCUT2D eigenvalue weighted by Crippen LogP contribution is -2.18. The van der Waals surface area contributed by atoms with Crippen molar-refractivity contribution in [2.24, 2.45) is 11.8 Å². The Labute approximate surface area is 104 Å². The van der Waals surface area contributed by atoms with Crippen molar-refractivity contribution in [3.8, 4) is 0 Å². The summed E-state index contributed by atoms with van der Waals surface area (Å²) < 4.78 is 37.5. The normalized spacial score (nSPS) is 13.7. The van der Waals surface area contributed by atoms with Crippen LogP contribution in [-0.4, -0.2) is 16.5 Å². The van der Waals surface area contributed by atoms with Gasteiger partial charge in [0.25, 0.3) is 0 Å².